The number of ether oxygens (including phenoxy) is 2. The van der Waals surface area contributed by atoms with Gasteiger partial charge in [-0.25, -0.2) is 9.37 Å². The van der Waals surface area contributed by atoms with Gasteiger partial charge in [0.25, 0.3) is 5.91 Å². The van der Waals surface area contributed by atoms with Crippen LogP contribution < -0.4 is 15.0 Å². The molecule has 5 rings (SSSR count). The van der Waals surface area contributed by atoms with Crippen molar-refractivity contribution in [2.45, 2.75) is 45.1 Å². The molecule has 3 heterocycles. The Balaban J connectivity index is 1.27. The summed E-state index contributed by atoms with van der Waals surface area (Å²) in [6.07, 6.45) is 3.05. The number of hydrogen-bond donors (Lipinski definition) is 1. The van der Waals surface area contributed by atoms with Crippen LogP contribution >= 0.6 is 0 Å². The number of halogens is 1. The van der Waals surface area contributed by atoms with E-state index in [4.69, 9.17) is 9.47 Å². The molecule has 2 aliphatic rings. The van der Waals surface area contributed by atoms with Gasteiger partial charge in [-0.2, -0.15) is 4.98 Å². The zero-order chi connectivity index (χ0) is 28.3. The smallest absolute Gasteiger partial charge is 0.254 e. The topological polar surface area (TPSA) is 79.8 Å². The molecule has 0 radical (unpaired) electrons. The van der Waals surface area contributed by atoms with Crippen molar-refractivity contribution >= 4 is 23.4 Å². The molecule has 3 aromatic rings. The van der Waals surface area contributed by atoms with Gasteiger partial charge in [-0.15, -0.1) is 0 Å². The molecule has 9 heteroatoms. The number of likely N-dealkylation sites (tertiary alicyclic amines) is 1. The molecule has 0 saturated carbocycles. The summed E-state index contributed by atoms with van der Waals surface area (Å²) >= 11 is 0. The minimum absolute atomic E-state index is 0.0139. The van der Waals surface area contributed by atoms with Crippen molar-refractivity contribution in [1.82, 2.24) is 14.9 Å². The predicted molar refractivity (Wildman–Crippen MR) is 154 cm³/mol. The van der Waals surface area contributed by atoms with E-state index in [9.17, 15) is 9.18 Å². The summed E-state index contributed by atoms with van der Waals surface area (Å²) < 4.78 is 25.6. The van der Waals surface area contributed by atoms with E-state index in [1.165, 1.54) is 11.8 Å². The van der Waals surface area contributed by atoms with E-state index in [1.807, 2.05) is 58.3 Å². The Labute approximate surface area is 235 Å². The highest BCUT2D eigenvalue weighted by molar-refractivity contribution is 5.94. The first kappa shape index (κ1) is 27.8. The van der Waals surface area contributed by atoms with Gasteiger partial charge in [0.2, 0.25) is 5.95 Å². The lowest BCUT2D eigenvalue weighted by molar-refractivity contribution is 0.0712. The van der Waals surface area contributed by atoms with Crippen molar-refractivity contribution in [3.8, 4) is 5.75 Å². The van der Waals surface area contributed by atoms with E-state index in [0.29, 0.717) is 50.3 Å². The highest BCUT2D eigenvalue weighted by Crippen LogP contribution is 2.35. The van der Waals surface area contributed by atoms with Gasteiger partial charge in [-0.05, 0) is 66.1 Å². The first-order valence-electron chi connectivity index (χ1n) is 13.9. The molecule has 2 fully saturated rings. The largest absolute Gasteiger partial charge is 0.491 e. The van der Waals surface area contributed by atoms with Crippen LogP contribution in [0.15, 0.2) is 54.7 Å². The molecule has 2 aliphatic heterocycles. The number of aromatic nitrogens is 2. The number of hydrogen-bond acceptors (Lipinski definition) is 7. The van der Waals surface area contributed by atoms with Crippen molar-refractivity contribution < 1.29 is 18.7 Å². The molecule has 2 aromatic carbocycles. The van der Waals surface area contributed by atoms with Gasteiger partial charge >= 0.3 is 0 Å². The van der Waals surface area contributed by atoms with Gasteiger partial charge in [0.1, 0.15) is 12.4 Å². The fraction of sp³-hybridized carbons (Fsp3) is 0.452. The van der Waals surface area contributed by atoms with Crippen molar-refractivity contribution in [3.05, 3.63) is 71.7 Å². The Morgan fingerprint density at radius 1 is 1.05 bits per heavy atom. The Morgan fingerprint density at radius 3 is 2.48 bits per heavy atom. The van der Waals surface area contributed by atoms with Crippen molar-refractivity contribution in [1.29, 1.82) is 0 Å². The SMILES string of the molecule is COCCOc1ccc(Nc2ncc(F)c(N3CCC4CCN(C(=O)c5ccc(C(C)(C)C)cc5)C4C3)n2)cc1. The van der Waals surface area contributed by atoms with Gasteiger partial charge in [-0.3, -0.25) is 4.79 Å². The number of anilines is 3. The van der Waals surface area contributed by atoms with E-state index < -0.39 is 5.82 Å². The average molecular weight is 548 g/mol. The molecule has 2 unspecified atom stereocenters. The third-order valence-corrected chi connectivity index (χ3v) is 7.81. The first-order chi connectivity index (χ1) is 19.2. The summed E-state index contributed by atoms with van der Waals surface area (Å²) in [5.41, 5.74) is 2.68. The number of methoxy groups -OCH3 is 1. The Bertz CT molecular complexity index is 1310. The minimum Gasteiger partial charge on any atom is -0.491 e. The molecule has 2 atom stereocenters. The van der Waals surface area contributed by atoms with Crippen LogP contribution in [0.5, 0.6) is 5.75 Å². The molecule has 40 heavy (non-hydrogen) atoms. The molecule has 0 spiro atoms. The summed E-state index contributed by atoms with van der Waals surface area (Å²) in [6.45, 7) is 9.41. The lowest BCUT2D eigenvalue weighted by Crippen LogP contribution is -2.50. The monoisotopic (exact) mass is 547 g/mol. The van der Waals surface area contributed by atoms with Crippen molar-refractivity contribution in [3.63, 3.8) is 0 Å². The number of nitrogens with zero attached hydrogens (tertiary/aromatic N) is 4. The number of piperidine rings is 1. The van der Waals surface area contributed by atoms with E-state index in [1.54, 1.807) is 7.11 Å². The van der Waals surface area contributed by atoms with Crippen LogP contribution in [0.3, 0.4) is 0 Å². The molecule has 1 N–H and O–H groups in total. The number of rotatable bonds is 8. The highest BCUT2D eigenvalue weighted by Gasteiger charge is 2.41. The number of fused-ring (bicyclic) bond motifs is 1. The van der Waals surface area contributed by atoms with E-state index in [-0.39, 0.29) is 23.2 Å². The van der Waals surface area contributed by atoms with E-state index in [2.05, 4.69) is 36.1 Å². The first-order valence-corrected chi connectivity index (χ1v) is 13.9. The maximum absolute atomic E-state index is 15.0. The normalized spacial score (nSPS) is 18.9. The molecule has 8 nitrogen and oxygen atoms in total. The number of benzene rings is 2. The summed E-state index contributed by atoms with van der Waals surface area (Å²) in [4.78, 5) is 26.1. The van der Waals surface area contributed by atoms with Crippen LogP contribution in [0.1, 0.15) is 49.5 Å². The third kappa shape index (κ3) is 6.20. The molecule has 1 aromatic heterocycles. The van der Waals surface area contributed by atoms with Gasteiger partial charge in [0, 0.05) is 38.0 Å². The van der Waals surface area contributed by atoms with Crippen LogP contribution in [0, 0.1) is 11.7 Å². The summed E-state index contributed by atoms with van der Waals surface area (Å²) in [7, 11) is 1.63. The van der Waals surface area contributed by atoms with Gasteiger partial charge in [0.05, 0.1) is 18.8 Å². The molecule has 2 saturated heterocycles. The van der Waals surface area contributed by atoms with E-state index in [0.717, 1.165) is 24.3 Å². The molecule has 0 bridgehead atoms. The van der Waals surface area contributed by atoms with Crippen LogP contribution in [0.25, 0.3) is 0 Å². The maximum atomic E-state index is 15.0. The van der Waals surface area contributed by atoms with Gasteiger partial charge < -0.3 is 24.6 Å². The lowest BCUT2D eigenvalue weighted by Gasteiger charge is -2.39. The Morgan fingerprint density at radius 2 is 1.77 bits per heavy atom. The molecular formula is C31H38FN5O3. The fourth-order valence-corrected chi connectivity index (χ4v) is 5.51. The standard InChI is InChI=1S/C31H38FN5O3/c1-31(2,3)23-7-5-22(6-8-23)29(38)37-16-14-21-13-15-36(20-27(21)37)28-26(32)19-33-30(35-28)34-24-9-11-25(12-10-24)40-18-17-39-4/h5-12,19,21,27H,13-18,20H2,1-4H3,(H,33,34,35). The molecular weight excluding hydrogens is 509 g/mol. The Kier molecular flexibility index (Phi) is 8.21. The number of carbonyl (C=O) groups is 1. The van der Waals surface area contributed by atoms with Crippen molar-refractivity contribution in [2.24, 2.45) is 5.92 Å². The van der Waals surface area contributed by atoms with Crippen LogP contribution in [0.2, 0.25) is 0 Å². The summed E-state index contributed by atoms with van der Waals surface area (Å²) in [5.74, 6) is 1.26. The van der Waals surface area contributed by atoms with E-state index >= 15 is 0 Å². The molecule has 1 amide bonds. The summed E-state index contributed by atoms with van der Waals surface area (Å²) in [5, 5.41) is 3.15. The zero-order valence-corrected chi connectivity index (χ0v) is 23.7. The van der Waals surface area contributed by atoms with Gasteiger partial charge in [-0.1, -0.05) is 32.9 Å². The van der Waals surface area contributed by atoms with Crippen LogP contribution in [-0.2, 0) is 10.2 Å². The quantitative estimate of drug-likeness (QED) is 0.377. The third-order valence-electron chi connectivity index (χ3n) is 7.81. The number of carbonyl (C=O) groups excluding carboxylic acids is 1. The second kappa shape index (κ2) is 11.8. The molecule has 0 aliphatic carbocycles. The highest BCUT2D eigenvalue weighted by atomic mass is 19.1. The minimum atomic E-state index is -0.473. The average Bonchev–Trinajstić information content (AvgIpc) is 3.38. The van der Waals surface area contributed by atoms with Crippen LogP contribution in [0.4, 0.5) is 21.8 Å². The number of nitrogens with one attached hydrogen (secondary N) is 1. The zero-order valence-electron chi connectivity index (χ0n) is 23.7. The number of amides is 1. The lowest BCUT2D eigenvalue weighted by atomic mass is 9.86. The summed E-state index contributed by atoms with van der Waals surface area (Å²) in [6, 6.07) is 15.4. The second-order valence-electron chi connectivity index (χ2n) is 11.5. The van der Waals surface area contributed by atoms with Gasteiger partial charge in [0.15, 0.2) is 11.6 Å². The maximum Gasteiger partial charge on any atom is 0.254 e. The van der Waals surface area contributed by atoms with Crippen molar-refractivity contribution in [2.75, 3.05) is 50.2 Å². The fourth-order valence-electron chi connectivity index (χ4n) is 5.51. The van der Waals surface area contributed by atoms with Crippen LogP contribution in [-0.4, -0.2) is 66.8 Å². The second-order valence-corrected chi connectivity index (χ2v) is 11.5. The Hall–Kier alpha value is -3.72. The predicted octanol–water partition coefficient (Wildman–Crippen LogP) is 5.42. The molecule has 212 valence electrons.